The van der Waals surface area contributed by atoms with E-state index in [0.717, 1.165) is 6.42 Å². The molecule has 0 heterocycles. The molecule has 0 fully saturated rings. The van der Waals surface area contributed by atoms with Gasteiger partial charge in [-0.1, -0.05) is 44.2 Å². The van der Waals surface area contributed by atoms with Gasteiger partial charge in [-0.05, 0) is 32.0 Å². The minimum Gasteiger partial charge on any atom is -0.327 e. The second-order valence-corrected chi connectivity index (χ2v) is 4.75. The fourth-order valence-electron chi connectivity index (χ4n) is 2.33. The molecule has 3 unspecified atom stereocenters. The van der Waals surface area contributed by atoms with Gasteiger partial charge in [-0.2, -0.15) is 0 Å². The molecule has 2 heteroatoms. The molecule has 1 aromatic carbocycles. The van der Waals surface area contributed by atoms with Gasteiger partial charge in [0.25, 0.3) is 0 Å². The van der Waals surface area contributed by atoms with Crippen LogP contribution in [0.1, 0.15) is 31.9 Å². The summed E-state index contributed by atoms with van der Waals surface area (Å²) in [5.41, 5.74) is 7.52. The Morgan fingerprint density at radius 1 is 1.19 bits per heavy atom. The van der Waals surface area contributed by atoms with E-state index in [0.29, 0.717) is 12.0 Å². The topological polar surface area (TPSA) is 29.3 Å². The highest BCUT2D eigenvalue weighted by atomic mass is 15.1. The summed E-state index contributed by atoms with van der Waals surface area (Å²) in [5, 5.41) is 0. The Bertz CT molecular complexity index is 295. The number of hydrogen-bond donors (Lipinski definition) is 1. The van der Waals surface area contributed by atoms with Gasteiger partial charge >= 0.3 is 0 Å². The fourth-order valence-corrected chi connectivity index (χ4v) is 2.33. The minimum absolute atomic E-state index is 0.257. The molecule has 2 nitrogen and oxygen atoms in total. The van der Waals surface area contributed by atoms with E-state index in [1.54, 1.807) is 0 Å². The minimum atomic E-state index is 0.257. The van der Waals surface area contributed by atoms with E-state index in [2.05, 4.69) is 63.2 Å². The summed E-state index contributed by atoms with van der Waals surface area (Å²) < 4.78 is 0. The van der Waals surface area contributed by atoms with Gasteiger partial charge in [0, 0.05) is 12.1 Å². The van der Waals surface area contributed by atoms with Crippen LogP contribution in [-0.2, 0) is 0 Å². The lowest BCUT2D eigenvalue weighted by Crippen LogP contribution is -2.37. The second-order valence-electron chi connectivity index (χ2n) is 4.75. The molecule has 1 aromatic rings. The molecule has 0 amide bonds. The largest absolute Gasteiger partial charge is 0.327 e. The quantitative estimate of drug-likeness (QED) is 0.826. The van der Waals surface area contributed by atoms with Crippen molar-refractivity contribution >= 4 is 0 Å². The monoisotopic (exact) mass is 220 g/mol. The van der Waals surface area contributed by atoms with Crippen molar-refractivity contribution in [2.24, 2.45) is 11.7 Å². The maximum Gasteiger partial charge on any atom is 0.0382 e. The van der Waals surface area contributed by atoms with Crippen molar-refractivity contribution in [1.29, 1.82) is 0 Å². The smallest absolute Gasteiger partial charge is 0.0382 e. The van der Waals surface area contributed by atoms with E-state index < -0.39 is 0 Å². The summed E-state index contributed by atoms with van der Waals surface area (Å²) in [4.78, 5) is 2.26. The molecule has 0 bridgehead atoms. The van der Waals surface area contributed by atoms with Crippen molar-refractivity contribution in [3.63, 3.8) is 0 Å². The number of nitrogens with two attached hydrogens (primary N) is 1. The van der Waals surface area contributed by atoms with Crippen LogP contribution in [0.15, 0.2) is 30.3 Å². The normalized spacial score (nSPS) is 17.1. The summed E-state index contributed by atoms with van der Waals surface area (Å²) >= 11 is 0. The van der Waals surface area contributed by atoms with Gasteiger partial charge in [-0.25, -0.2) is 0 Å². The zero-order valence-corrected chi connectivity index (χ0v) is 10.9. The van der Waals surface area contributed by atoms with Crippen molar-refractivity contribution in [1.82, 2.24) is 4.90 Å². The molecule has 0 aliphatic carbocycles. The Morgan fingerprint density at radius 3 is 2.19 bits per heavy atom. The van der Waals surface area contributed by atoms with Crippen LogP contribution in [0.2, 0.25) is 0 Å². The highest BCUT2D eigenvalue weighted by Gasteiger charge is 2.25. The zero-order valence-electron chi connectivity index (χ0n) is 10.9. The van der Waals surface area contributed by atoms with Crippen LogP contribution in [0.5, 0.6) is 0 Å². The van der Waals surface area contributed by atoms with Gasteiger partial charge < -0.3 is 10.6 Å². The van der Waals surface area contributed by atoms with Gasteiger partial charge in [-0.15, -0.1) is 0 Å². The molecule has 0 saturated heterocycles. The molecular weight excluding hydrogens is 196 g/mol. The lowest BCUT2D eigenvalue weighted by atomic mass is 9.87. The highest BCUT2D eigenvalue weighted by Crippen LogP contribution is 2.28. The van der Waals surface area contributed by atoms with Crippen LogP contribution in [0.3, 0.4) is 0 Å². The van der Waals surface area contributed by atoms with Crippen LogP contribution < -0.4 is 5.73 Å². The first-order chi connectivity index (χ1) is 7.57. The maximum atomic E-state index is 6.17. The van der Waals surface area contributed by atoms with E-state index in [1.807, 2.05) is 0 Å². The van der Waals surface area contributed by atoms with E-state index in [-0.39, 0.29) is 6.04 Å². The third-order valence-corrected chi connectivity index (χ3v) is 3.34. The average Bonchev–Trinajstić information content (AvgIpc) is 2.29. The Balaban J connectivity index is 2.92. The molecule has 16 heavy (non-hydrogen) atoms. The third kappa shape index (κ3) is 3.06. The van der Waals surface area contributed by atoms with Crippen LogP contribution in [-0.4, -0.2) is 25.0 Å². The van der Waals surface area contributed by atoms with E-state index in [1.165, 1.54) is 5.56 Å². The molecule has 0 saturated carbocycles. The average molecular weight is 220 g/mol. The van der Waals surface area contributed by atoms with Crippen LogP contribution in [0.25, 0.3) is 0 Å². The van der Waals surface area contributed by atoms with E-state index >= 15 is 0 Å². The van der Waals surface area contributed by atoms with Gasteiger partial charge in [0.1, 0.15) is 0 Å². The predicted molar refractivity (Wildman–Crippen MR) is 70.3 cm³/mol. The molecule has 2 N–H and O–H groups in total. The summed E-state index contributed by atoms with van der Waals surface area (Å²) in [6, 6.07) is 11.3. The summed E-state index contributed by atoms with van der Waals surface area (Å²) in [7, 11) is 4.24. The lowest BCUT2D eigenvalue weighted by Gasteiger charge is -2.33. The molecule has 0 aliphatic heterocycles. The van der Waals surface area contributed by atoms with Crippen molar-refractivity contribution in [2.75, 3.05) is 14.1 Å². The number of nitrogens with zero attached hydrogens (tertiary/aromatic N) is 1. The van der Waals surface area contributed by atoms with Gasteiger partial charge in [0.15, 0.2) is 0 Å². The summed E-state index contributed by atoms with van der Waals surface area (Å²) in [5.74, 6) is 0.461. The fraction of sp³-hybridized carbons (Fsp3) is 0.571. The number of hydrogen-bond acceptors (Lipinski definition) is 2. The first kappa shape index (κ1) is 13.2. The Hall–Kier alpha value is -0.860. The second kappa shape index (κ2) is 6.02. The van der Waals surface area contributed by atoms with E-state index in [9.17, 15) is 0 Å². The van der Waals surface area contributed by atoms with Crippen LogP contribution >= 0.6 is 0 Å². The molecule has 0 aliphatic rings. The standard InChI is InChI=1S/C14H24N2/c1-5-13(15)11(2)14(16(3)4)12-9-7-6-8-10-12/h6-11,13-14H,5,15H2,1-4H3. The number of rotatable bonds is 5. The highest BCUT2D eigenvalue weighted by molar-refractivity contribution is 5.20. The van der Waals surface area contributed by atoms with Crippen LogP contribution in [0.4, 0.5) is 0 Å². The van der Waals surface area contributed by atoms with Crippen molar-refractivity contribution in [3.8, 4) is 0 Å². The Morgan fingerprint density at radius 2 is 1.75 bits per heavy atom. The molecule has 0 spiro atoms. The first-order valence-corrected chi connectivity index (χ1v) is 6.04. The summed E-state index contributed by atoms with van der Waals surface area (Å²) in [6.07, 6.45) is 1.03. The van der Waals surface area contributed by atoms with Gasteiger partial charge in [0.2, 0.25) is 0 Å². The van der Waals surface area contributed by atoms with Crippen molar-refractivity contribution in [3.05, 3.63) is 35.9 Å². The molecule has 90 valence electrons. The maximum absolute atomic E-state index is 6.17. The van der Waals surface area contributed by atoms with Gasteiger partial charge in [-0.3, -0.25) is 0 Å². The molecule has 1 rings (SSSR count). The third-order valence-electron chi connectivity index (χ3n) is 3.34. The lowest BCUT2D eigenvalue weighted by molar-refractivity contribution is 0.197. The molecule has 0 aromatic heterocycles. The van der Waals surface area contributed by atoms with Crippen molar-refractivity contribution in [2.45, 2.75) is 32.4 Å². The zero-order chi connectivity index (χ0) is 12.1. The molecular formula is C14H24N2. The summed E-state index contributed by atoms with van der Waals surface area (Å²) in [6.45, 7) is 4.39. The SMILES string of the molecule is CCC(N)C(C)C(c1ccccc1)N(C)C. The van der Waals surface area contributed by atoms with E-state index in [4.69, 9.17) is 5.73 Å². The molecule has 3 atom stereocenters. The van der Waals surface area contributed by atoms with Crippen LogP contribution in [0, 0.1) is 5.92 Å². The molecule has 0 radical (unpaired) electrons. The first-order valence-electron chi connectivity index (χ1n) is 6.04. The van der Waals surface area contributed by atoms with Gasteiger partial charge in [0.05, 0.1) is 0 Å². The number of benzene rings is 1. The predicted octanol–water partition coefficient (Wildman–Crippen LogP) is 2.66. The Kier molecular flexibility index (Phi) is 4.97. The Labute approximate surface area is 99.5 Å². The van der Waals surface area contributed by atoms with Crippen molar-refractivity contribution < 1.29 is 0 Å².